The van der Waals surface area contributed by atoms with Gasteiger partial charge in [-0.1, -0.05) is 26.2 Å². The molecule has 0 amide bonds. The molecule has 1 aromatic heterocycles. The first-order valence-electron chi connectivity index (χ1n) is 7.78. The highest BCUT2D eigenvalue weighted by atomic mass is 16.5. The maximum atomic E-state index is 11.1. The third-order valence-corrected chi connectivity index (χ3v) is 3.80. The molecule has 0 saturated heterocycles. The van der Waals surface area contributed by atoms with Crippen LogP contribution in [0, 0.1) is 0 Å². The van der Waals surface area contributed by atoms with Gasteiger partial charge in [0.15, 0.2) is 0 Å². The van der Waals surface area contributed by atoms with E-state index < -0.39 is 5.97 Å². The number of rotatable bonds is 7. The molecular formula is C16H24N2O3. The van der Waals surface area contributed by atoms with Gasteiger partial charge in [-0.05, 0) is 31.4 Å². The molecule has 1 aliphatic rings. The second-order valence-electron chi connectivity index (χ2n) is 5.45. The van der Waals surface area contributed by atoms with E-state index in [9.17, 15) is 4.79 Å². The van der Waals surface area contributed by atoms with E-state index in [0.29, 0.717) is 31.5 Å². The Kier molecular flexibility index (Phi) is 5.99. The molecule has 21 heavy (non-hydrogen) atoms. The van der Waals surface area contributed by atoms with Gasteiger partial charge in [0.25, 0.3) is 0 Å². The molecule has 116 valence electrons. The quantitative estimate of drug-likeness (QED) is 0.756. The number of hydrogen-bond acceptors (Lipinski definition) is 4. The predicted molar refractivity (Wildman–Crippen MR) is 81.9 cm³/mol. The minimum Gasteiger partial charge on any atom is -0.478 e. The average molecular weight is 292 g/mol. The van der Waals surface area contributed by atoms with E-state index in [1.54, 1.807) is 12.1 Å². The second-order valence-corrected chi connectivity index (χ2v) is 5.45. The molecule has 1 heterocycles. The normalized spacial score (nSPS) is 15.9. The number of aromatic nitrogens is 1. The highest BCUT2D eigenvalue weighted by Crippen LogP contribution is 2.20. The second kappa shape index (κ2) is 7.98. The van der Waals surface area contributed by atoms with Crippen LogP contribution in [0.3, 0.4) is 0 Å². The molecule has 5 heteroatoms. The smallest absolute Gasteiger partial charge is 0.335 e. The van der Waals surface area contributed by atoms with Gasteiger partial charge in [0, 0.05) is 12.2 Å². The summed E-state index contributed by atoms with van der Waals surface area (Å²) in [5.74, 6) is -0.312. The van der Waals surface area contributed by atoms with Gasteiger partial charge in [-0.2, -0.15) is 0 Å². The van der Waals surface area contributed by atoms with Crippen molar-refractivity contribution < 1.29 is 14.6 Å². The molecule has 0 aromatic carbocycles. The topological polar surface area (TPSA) is 71.5 Å². The Morgan fingerprint density at radius 3 is 2.81 bits per heavy atom. The monoisotopic (exact) mass is 292 g/mol. The first kappa shape index (κ1) is 15.8. The van der Waals surface area contributed by atoms with Crippen LogP contribution in [-0.4, -0.2) is 35.3 Å². The lowest BCUT2D eigenvalue weighted by Crippen LogP contribution is -2.21. The van der Waals surface area contributed by atoms with Crippen molar-refractivity contribution in [3.63, 3.8) is 0 Å². The van der Waals surface area contributed by atoms with Crippen LogP contribution in [0.2, 0.25) is 0 Å². The van der Waals surface area contributed by atoms with Crippen molar-refractivity contribution in [3.05, 3.63) is 23.4 Å². The maximum absolute atomic E-state index is 11.1. The first-order chi connectivity index (χ1) is 10.2. The lowest BCUT2D eigenvalue weighted by atomic mass is 9.98. The predicted octanol–water partition coefficient (Wildman–Crippen LogP) is 3.10. The molecule has 1 aliphatic carbocycles. The fourth-order valence-electron chi connectivity index (χ4n) is 2.62. The zero-order valence-electron chi connectivity index (χ0n) is 12.6. The van der Waals surface area contributed by atoms with Gasteiger partial charge in [-0.25, -0.2) is 9.78 Å². The standard InChI is InChI=1S/C16H24N2O3/c1-2-13-10-12(16(19)20)11-15(18-13)17-8-9-21-14-6-4-3-5-7-14/h10-11,14H,2-9H2,1H3,(H,17,18)(H,19,20). The van der Waals surface area contributed by atoms with E-state index in [1.165, 1.54) is 19.3 Å². The molecule has 2 rings (SSSR count). The van der Waals surface area contributed by atoms with Gasteiger partial charge in [-0.3, -0.25) is 0 Å². The number of pyridine rings is 1. The summed E-state index contributed by atoms with van der Waals surface area (Å²) in [7, 11) is 0. The van der Waals surface area contributed by atoms with Crippen molar-refractivity contribution in [2.24, 2.45) is 0 Å². The van der Waals surface area contributed by atoms with Crippen LogP contribution < -0.4 is 5.32 Å². The van der Waals surface area contributed by atoms with E-state index in [4.69, 9.17) is 9.84 Å². The van der Waals surface area contributed by atoms with Gasteiger partial charge in [-0.15, -0.1) is 0 Å². The summed E-state index contributed by atoms with van der Waals surface area (Å²) < 4.78 is 5.83. The molecule has 1 fully saturated rings. The van der Waals surface area contributed by atoms with Crippen LogP contribution in [0.4, 0.5) is 5.82 Å². The van der Waals surface area contributed by atoms with E-state index in [2.05, 4.69) is 10.3 Å². The Morgan fingerprint density at radius 2 is 2.14 bits per heavy atom. The number of carbonyl (C=O) groups is 1. The highest BCUT2D eigenvalue weighted by Gasteiger charge is 2.13. The Balaban J connectivity index is 1.81. The lowest BCUT2D eigenvalue weighted by molar-refractivity contribution is 0.0347. The molecule has 0 radical (unpaired) electrons. The number of carboxylic acid groups (broad SMARTS) is 1. The minimum atomic E-state index is -0.923. The molecule has 0 atom stereocenters. The molecule has 0 bridgehead atoms. The Labute approximate surface area is 125 Å². The fourth-order valence-corrected chi connectivity index (χ4v) is 2.62. The maximum Gasteiger partial charge on any atom is 0.335 e. The number of aryl methyl sites for hydroxylation is 1. The summed E-state index contributed by atoms with van der Waals surface area (Å²) in [5, 5.41) is 12.2. The lowest BCUT2D eigenvalue weighted by Gasteiger charge is -2.22. The van der Waals surface area contributed by atoms with Gasteiger partial charge in [0.2, 0.25) is 0 Å². The van der Waals surface area contributed by atoms with Crippen molar-refractivity contribution in [2.45, 2.75) is 51.6 Å². The van der Waals surface area contributed by atoms with Crippen LogP contribution >= 0.6 is 0 Å². The zero-order chi connectivity index (χ0) is 15.1. The molecule has 1 aromatic rings. The third-order valence-electron chi connectivity index (χ3n) is 3.80. The number of aromatic carboxylic acids is 1. The highest BCUT2D eigenvalue weighted by molar-refractivity contribution is 5.88. The number of ether oxygens (including phenoxy) is 1. The average Bonchev–Trinajstić information content (AvgIpc) is 2.52. The van der Waals surface area contributed by atoms with Gasteiger partial charge in [0.1, 0.15) is 5.82 Å². The van der Waals surface area contributed by atoms with Crippen LogP contribution in [0.1, 0.15) is 55.1 Å². The summed E-state index contributed by atoms with van der Waals surface area (Å²) >= 11 is 0. The van der Waals surface area contributed by atoms with Crippen molar-refractivity contribution in [1.29, 1.82) is 0 Å². The third kappa shape index (κ3) is 5.01. The summed E-state index contributed by atoms with van der Waals surface area (Å²) in [6, 6.07) is 3.19. The first-order valence-corrected chi connectivity index (χ1v) is 7.78. The minimum absolute atomic E-state index is 0.276. The van der Waals surface area contributed by atoms with Gasteiger partial charge >= 0.3 is 5.97 Å². The Hall–Kier alpha value is -1.62. The molecular weight excluding hydrogens is 268 g/mol. The molecule has 5 nitrogen and oxygen atoms in total. The number of anilines is 1. The van der Waals surface area contributed by atoms with Gasteiger partial charge < -0.3 is 15.2 Å². The van der Waals surface area contributed by atoms with Crippen molar-refractivity contribution in [1.82, 2.24) is 4.98 Å². The van der Waals surface area contributed by atoms with Crippen LogP contribution in [0.25, 0.3) is 0 Å². The zero-order valence-corrected chi connectivity index (χ0v) is 12.6. The van der Waals surface area contributed by atoms with E-state index >= 15 is 0 Å². The Bertz CT molecular complexity index is 471. The van der Waals surface area contributed by atoms with Crippen molar-refractivity contribution in [3.8, 4) is 0 Å². The van der Waals surface area contributed by atoms with Crippen molar-refractivity contribution >= 4 is 11.8 Å². The molecule has 0 spiro atoms. The molecule has 0 aliphatic heterocycles. The SMILES string of the molecule is CCc1cc(C(=O)O)cc(NCCOC2CCCCC2)n1. The van der Waals surface area contributed by atoms with Crippen LogP contribution in [0.5, 0.6) is 0 Å². The van der Waals surface area contributed by atoms with Crippen molar-refractivity contribution in [2.75, 3.05) is 18.5 Å². The summed E-state index contributed by atoms with van der Waals surface area (Å²) in [5.41, 5.74) is 1.06. The summed E-state index contributed by atoms with van der Waals surface area (Å²) in [6.45, 7) is 3.24. The van der Waals surface area contributed by atoms with Crippen LogP contribution in [-0.2, 0) is 11.2 Å². The van der Waals surface area contributed by atoms with Crippen LogP contribution in [0.15, 0.2) is 12.1 Å². The Morgan fingerprint density at radius 1 is 1.38 bits per heavy atom. The number of nitrogens with zero attached hydrogens (tertiary/aromatic N) is 1. The summed E-state index contributed by atoms with van der Waals surface area (Å²) in [4.78, 5) is 15.5. The largest absolute Gasteiger partial charge is 0.478 e. The number of hydrogen-bond donors (Lipinski definition) is 2. The van der Waals surface area contributed by atoms with E-state index in [0.717, 1.165) is 18.5 Å². The summed E-state index contributed by atoms with van der Waals surface area (Å²) in [6.07, 6.45) is 7.28. The number of carboxylic acids is 1. The molecule has 1 saturated carbocycles. The fraction of sp³-hybridized carbons (Fsp3) is 0.625. The molecule has 2 N–H and O–H groups in total. The van der Waals surface area contributed by atoms with E-state index in [1.807, 2.05) is 6.92 Å². The van der Waals surface area contributed by atoms with E-state index in [-0.39, 0.29) is 5.56 Å². The molecule has 0 unspecified atom stereocenters. The van der Waals surface area contributed by atoms with Gasteiger partial charge in [0.05, 0.1) is 18.3 Å². The number of nitrogens with one attached hydrogen (secondary N) is 1.